The quantitative estimate of drug-likeness (QED) is 0.742. The first-order valence-electron chi connectivity index (χ1n) is 5.57. The number of nitrogens with zero attached hydrogens (tertiary/aromatic N) is 2. The number of hydrogen-bond donors (Lipinski definition) is 0. The summed E-state index contributed by atoms with van der Waals surface area (Å²) >= 11 is 0. The number of hydrogen-bond acceptors (Lipinski definition) is 4. The Morgan fingerprint density at radius 2 is 1.88 bits per heavy atom. The minimum atomic E-state index is -0.936. The molecule has 0 aliphatic carbocycles. The number of nitroso groups, excluding NO2 is 1. The van der Waals surface area contributed by atoms with E-state index in [4.69, 9.17) is 4.74 Å². The third kappa shape index (κ3) is 2.68. The second-order valence-corrected chi connectivity index (χ2v) is 3.86. The van der Waals surface area contributed by atoms with Crippen LogP contribution in [-0.2, 0) is 9.53 Å². The van der Waals surface area contributed by atoms with Crippen molar-refractivity contribution in [1.29, 1.82) is 0 Å². The number of carbonyl (C=O) groups is 1. The highest BCUT2D eigenvalue weighted by atomic mass is 16.5. The van der Waals surface area contributed by atoms with Crippen LogP contribution in [0.1, 0.15) is 11.6 Å². The van der Waals surface area contributed by atoms with E-state index in [0.29, 0.717) is 31.9 Å². The van der Waals surface area contributed by atoms with Gasteiger partial charge in [-0.25, -0.2) is 0 Å². The summed E-state index contributed by atoms with van der Waals surface area (Å²) in [4.78, 5) is 24.6. The number of rotatable bonds is 3. The van der Waals surface area contributed by atoms with Gasteiger partial charge in [0.15, 0.2) is 6.04 Å². The van der Waals surface area contributed by atoms with Gasteiger partial charge in [0.1, 0.15) is 0 Å². The molecule has 1 aromatic carbocycles. The number of ether oxygens (including phenoxy) is 1. The van der Waals surface area contributed by atoms with Gasteiger partial charge in [0, 0.05) is 13.1 Å². The van der Waals surface area contributed by atoms with E-state index < -0.39 is 6.04 Å². The minimum absolute atomic E-state index is 0.241. The van der Waals surface area contributed by atoms with E-state index in [1.165, 1.54) is 0 Å². The number of carbonyl (C=O) groups excluding carboxylic acids is 1. The number of morpholine rings is 1. The number of benzene rings is 1. The van der Waals surface area contributed by atoms with Gasteiger partial charge in [0.2, 0.25) is 0 Å². The van der Waals surface area contributed by atoms with Crippen LogP contribution in [0.4, 0.5) is 0 Å². The van der Waals surface area contributed by atoms with Crippen LogP contribution < -0.4 is 0 Å². The van der Waals surface area contributed by atoms with E-state index >= 15 is 0 Å². The van der Waals surface area contributed by atoms with E-state index in [9.17, 15) is 9.70 Å². The molecule has 1 fully saturated rings. The summed E-state index contributed by atoms with van der Waals surface area (Å²) in [5.41, 5.74) is 0.638. The van der Waals surface area contributed by atoms with Gasteiger partial charge in [-0.1, -0.05) is 35.5 Å². The molecule has 17 heavy (non-hydrogen) atoms. The maximum Gasteiger partial charge on any atom is 0.255 e. The predicted octanol–water partition coefficient (Wildman–Crippen LogP) is 1.35. The molecule has 1 unspecified atom stereocenters. The van der Waals surface area contributed by atoms with Crippen molar-refractivity contribution in [2.75, 3.05) is 26.3 Å². The molecule has 0 saturated carbocycles. The Kier molecular flexibility index (Phi) is 3.82. The van der Waals surface area contributed by atoms with Gasteiger partial charge in [-0.05, 0) is 5.56 Å². The van der Waals surface area contributed by atoms with Crippen molar-refractivity contribution in [3.05, 3.63) is 40.8 Å². The molecule has 1 aliphatic rings. The second kappa shape index (κ2) is 5.54. The normalized spacial score (nSPS) is 17.5. The minimum Gasteiger partial charge on any atom is -0.378 e. The maximum atomic E-state index is 12.1. The van der Waals surface area contributed by atoms with Crippen molar-refractivity contribution in [3.8, 4) is 0 Å². The van der Waals surface area contributed by atoms with Crippen LogP contribution >= 0.6 is 0 Å². The summed E-state index contributed by atoms with van der Waals surface area (Å²) in [7, 11) is 0. The Hall–Kier alpha value is -1.75. The average Bonchev–Trinajstić information content (AvgIpc) is 2.42. The van der Waals surface area contributed by atoms with Gasteiger partial charge in [0.05, 0.1) is 13.2 Å². The fourth-order valence-corrected chi connectivity index (χ4v) is 1.84. The first-order chi connectivity index (χ1) is 8.33. The van der Waals surface area contributed by atoms with Crippen LogP contribution in [0, 0.1) is 4.91 Å². The maximum absolute atomic E-state index is 12.1. The molecule has 1 amide bonds. The van der Waals surface area contributed by atoms with Crippen LogP contribution in [0.25, 0.3) is 0 Å². The first-order valence-corrected chi connectivity index (χ1v) is 5.57. The molecule has 0 N–H and O–H groups in total. The Balaban J connectivity index is 2.12. The molecule has 2 rings (SSSR count). The smallest absolute Gasteiger partial charge is 0.255 e. The zero-order valence-electron chi connectivity index (χ0n) is 9.41. The highest BCUT2D eigenvalue weighted by Crippen LogP contribution is 2.20. The van der Waals surface area contributed by atoms with Crippen molar-refractivity contribution in [1.82, 2.24) is 4.90 Å². The van der Waals surface area contributed by atoms with Crippen LogP contribution in [0.15, 0.2) is 35.5 Å². The third-order valence-electron chi connectivity index (χ3n) is 2.78. The molecule has 1 aromatic rings. The van der Waals surface area contributed by atoms with Crippen molar-refractivity contribution in [2.24, 2.45) is 5.18 Å². The highest BCUT2D eigenvalue weighted by molar-refractivity contribution is 5.83. The third-order valence-corrected chi connectivity index (χ3v) is 2.78. The van der Waals surface area contributed by atoms with E-state index in [1.807, 2.05) is 6.07 Å². The van der Waals surface area contributed by atoms with E-state index in [2.05, 4.69) is 5.18 Å². The molecule has 1 atom stereocenters. The molecular weight excluding hydrogens is 220 g/mol. The molecule has 1 saturated heterocycles. The fraction of sp³-hybridized carbons (Fsp3) is 0.417. The van der Waals surface area contributed by atoms with Crippen molar-refractivity contribution >= 4 is 5.91 Å². The van der Waals surface area contributed by atoms with Gasteiger partial charge in [0.25, 0.3) is 5.91 Å². The Bertz CT molecular complexity index is 388. The molecule has 0 aromatic heterocycles. The standard InChI is InChI=1S/C12H14N2O3/c15-12(14-6-8-17-9-7-14)11(13-16)10-4-2-1-3-5-10/h1-5,11H,6-9H2. The SMILES string of the molecule is O=NC(C(=O)N1CCOCC1)c1ccccc1. The fourth-order valence-electron chi connectivity index (χ4n) is 1.84. The Morgan fingerprint density at radius 3 is 2.47 bits per heavy atom. The molecule has 1 aliphatic heterocycles. The summed E-state index contributed by atoms with van der Waals surface area (Å²) in [6.07, 6.45) is 0. The molecule has 5 heteroatoms. The summed E-state index contributed by atoms with van der Waals surface area (Å²) in [5, 5.41) is 2.95. The lowest BCUT2D eigenvalue weighted by Gasteiger charge is -2.28. The van der Waals surface area contributed by atoms with Crippen LogP contribution in [0.3, 0.4) is 0 Å². The summed E-state index contributed by atoms with van der Waals surface area (Å²) in [6.45, 7) is 2.09. The summed E-state index contributed by atoms with van der Waals surface area (Å²) in [5.74, 6) is -0.241. The van der Waals surface area contributed by atoms with E-state index in [1.54, 1.807) is 29.2 Å². The Labute approximate surface area is 99.3 Å². The van der Waals surface area contributed by atoms with E-state index in [0.717, 1.165) is 0 Å². The van der Waals surface area contributed by atoms with Crippen molar-refractivity contribution < 1.29 is 9.53 Å². The molecule has 0 radical (unpaired) electrons. The van der Waals surface area contributed by atoms with Gasteiger partial charge in [-0.2, -0.15) is 0 Å². The number of amides is 1. The highest BCUT2D eigenvalue weighted by Gasteiger charge is 2.27. The lowest BCUT2D eigenvalue weighted by Crippen LogP contribution is -2.42. The van der Waals surface area contributed by atoms with Gasteiger partial charge < -0.3 is 9.64 Å². The molecule has 0 bridgehead atoms. The van der Waals surface area contributed by atoms with Gasteiger partial charge in [-0.15, -0.1) is 4.91 Å². The van der Waals surface area contributed by atoms with E-state index in [-0.39, 0.29) is 5.91 Å². The van der Waals surface area contributed by atoms with Gasteiger partial charge >= 0.3 is 0 Å². The molecule has 1 heterocycles. The summed E-state index contributed by atoms with van der Waals surface area (Å²) < 4.78 is 5.17. The topological polar surface area (TPSA) is 59.0 Å². The molecule has 90 valence electrons. The van der Waals surface area contributed by atoms with Crippen molar-refractivity contribution in [3.63, 3.8) is 0 Å². The lowest BCUT2D eigenvalue weighted by molar-refractivity contribution is -0.136. The van der Waals surface area contributed by atoms with Crippen LogP contribution in [-0.4, -0.2) is 37.1 Å². The van der Waals surface area contributed by atoms with Gasteiger partial charge in [-0.3, -0.25) is 4.79 Å². The predicted molar refractivity (Wildman–Crippen MR) is 62.4 cm³/mol. The monoisotopic (exact) mass is 234 g/mol. The molecule has 5 nitrogen and oxygen atoms in total. The zero-order chi connectivity index (χ0) is 12.1. The van der Waals surface area contributed by atoms with Crippen LogP contribution in [0.5, 0.6) is 0 Å². The summed E-state index contributed by atoms with van der Waals surface area (Å²) in [6, 6.07) is 7.97. The molecule has 0 spiro atoms. The zero-order valence-corrected chi connectivity index (χ0v) is 9.41. The lowest BCUT2D eigenvalue weighted by atomic mass is 10.1. The average molecular weight is 234 g/mol. The van der Waals surface area contributed by atoms with Crippen molar-refractivity contribution in [2.45, 2.75) is 6.04 Å². The molecular formula is C12H14N2O3. The largest absolute Gasteiger partial charge is 0.378 e. The second-order valence-electron chi connectivity index (χ2n) is 3.86. The first kappa shape index (κ1) is 11.7. The Morgan fingerprint density at radius 1 is 1.24 bits per heavy atom. The van der Waals surface area contributed by atoms with Crippen LogP contribution in [0.2, 0.25) is 0 Å².